The molecule has 0 bridgehead atoms. The number of rotatable bonds is 3. The molecule has 2 rings (SSSR count). The highest BCUT2D eigenvalue weighted by Gasteiger charge is 2.27. The summed E-state index contributed by atoms with van der Waals surface area (Å²) in [6.07, 6.45) is 4.28. The summed E-state index contributed by atoms with van der Waals surface area (Å²) in [7, 11) is 0. The van der Waals surface area contributed by atoms with Crippen molar-refractivity contribution in [3.05, 3.63) is 34.3 Å². The van der Waals surface area contributed by atoms with Crippen molar-refractivity contribution in [1.82, 2.24) is 4.90 Å². The van der Waals surface area contributed by atoms with Gasteiger partial charge in [0, 0.05) is 16.6 Å². The van der Waals surface area contributed by atoms with Crippen LogP contribution in [0.15, 0.2) is 18.2 Å². The van der Waals surface area contributed by atoms with Gasteiger partial charge in [-0.3, -0.25) is 4.79 Å². The zero-order valence-electron chi connectivity index (χ0n) is 11.0. The first-order valence-corrected chi connectivity index (χ1v) is 6.95. The molecule has 1 fully saturated rings. The molecular weight excluding hydrogens is 260 g/mol. The van der Waals surface area contributed by atoms with E-state index in [2.05, 4.69) is 6.07 Å². The Bertz CT molecular complexity index is 515. The van der Waals surface area contributed by atoms with E-state index < -0.39 is 0 Å². The number of halogens is 1. The molecular formula is C15H17ClN2O. The Balaban J connectivity index is 2.23. The van der Waals surface area contributed by atoms with E-state index in [-0.39, 0.29) is 18.5 Å². The predicted molar refractivity (Wildman–Crippen MR) is 75.1 cm³/mol. The first-order chi connectivity index (χ1) is 9.13. The van der Waals surface area contributed by atoms with E-state index in [1.54, 1.807) is 23.1 Å². The fourth-order valence-electron chi connectivity index (χ4n) is 2.60. The highest BCUT2D eigenvalue weighted by atomic mass is 35.5. The lowest BCUT2D eigenvalue weighted by atomic mass is 10.1. The van der Waals surface area contributed by atoms with Crippen molar-refractivity contribution >= 4 is 17.5 Å². The van der Waals surface area contributed by atoms with Crippen LogP contribution >= 0.6 is 11.6 Å². The number of carbonyl (C=O) groups excluding carboxylic acids is 1. The highest BCUT2D eigenvalue weighted by molar-refractivity contribution is 6.31. The maximum absolute atomic E-state index is 12.5. The maximum atomic E-state index is 12.5. The SMILES string of the molecule is Cc1cc(C(=O)N(CC#N)C2CCCC2)ccc1Cl. The average molecular weight is 277 g/mol. The normalized spacial score (nSPS) is 15.2. The number of nitrogens with zero attached hydrogens (tertiary/aromatic N) is 2. The molecule has 0 heterocycles. The van der Waals surface area contributed by atoms with E-state index in [1.165, 1.54) is 0 Å². The van der Waals surface area contributed by atoms with Crippen LogP contribution in [0.2, 0.25) is 5.02 Å². The Labute approximate surface area is 118 Å². The molecule has 0 spiro atoms. The van der Waals surface area contributed by atoms with E-state index in [0.717, 1.165) is 31.2 Å². The van der Waals surface area contributed by atoms with Gasteiger partial charge >= 0.3 is 0 Å². The topological polar surface area (TPSA) is 44.1 Å². The number of hydrogen-bond donors (Lipinski definition) is 0. The zero-order chi connectivity index (χ0) is 13.8. The van der Waals surface area contributed by atoms with Gasteiger partial charge in [-0.15, -0.1) is 0 Å². The van der Waals surface area contributed by atoms with Gasteiger partial charge in [0.15, 0.2) is 0 Å². The molecule has 100 valence electrons. The number of hydrogen-bond acceptors (Lipinski definition) is 2. The summed E-state index contributed by atoms with van der Waals surface area (Å²) >= 11 is 5.98. The van der Waals surface area contributed by atoms with E-state index in [1.807, 2.05) is 6.92 Å². The second-order valence-electron chi connectivity index (χ2n) is 4.99. The van der Waals surface area contributed by atoms with Crippen molar-refractivity contribution in [3.8, 4) is 6.07 Å². The summed E-state index contributed by atoms with van der Waals surface area (Å²) in [5.41, 5.74) is 1.50. The summed E-state index contributed by atoms with van der Waals surface area (Å²) < 4.78 is 0. The van der Waals surface area contributed by atoms with Crippen LogP contribution in [0.4, 0.5) is 0 Å². The molecule has 1 aliphatic rings. The van der Waals surface area contributed by atoms with Gasteiger partial charge in [0.2, 0.25) is 0 Å². The zero-order valence-corrected chi connectivity index (χ0v) is 11.8. The van der Waals surface area contributed by atoms with Crippen molar-refractivity contribution < 1.29 is 4.79 Å². The molecule has 0 aromatic heterocycles. The molecule has 0 atom stereocenters. The van der Waals surface area contributed by atoms with Gasteiger partial charge in [0.25, 0.3) is 5.91 Å². The lowest BCUT2D eigenvalue weighted by molar-refractivity contribution is 0.0709. The predicted octanol–water partition coefficient (Wildman–Crippen LogP) is 3.56. The van der Waals surface area contributed by atoms with E-state index >= 15 is 0 Å². The number of carbonyl (C=O) groups is 1. The molecule has 1 aromatic rings. The Kier molecular flexibility index (Phi) is 4.44. The first-order valence-electron chi connectivity index (χ1n) is 6.57. The molecule has 0 saturated heterocycles. The van der Waals surface area contributed by atoms with Gasteiger partial charge in [0.05, 0.1) is 6.07 Å². The van der Waals surface area contributed by atoms with Crippen molar-refractivity contribution in [1.29, 1.82) is 5.26 Å². The molecule has 0 unspecified atom stereocenters. The second-order valence-corrected chi connectivity index (χ2v) is 5.40. The fourth-order valence-corrected chi connectivity index (χ4v) is 2.72. The molecule has 19 heavy (non-hydrogen) atoms. The number of benzene rings is 1. The second kappa shape index (κ2) is 6.08. The van der Waals surface area contributed by atoms with Crippen LogP contribution in [-0.2, 0) is 0 Å². The van der Waals surface area contributed by atoms with Crippen molar-refractivity contribution in [2.24, 2.45) is 0 Å². The molecule has 1 aliphatic carbocycles. The highest BCUT2D eigenvalue weighted by Crippen LogP contribution is 2.25. The molecule has 0 N–H and O–H groups in total. The van der Waals surface area contributed by atoms with Crippen molar-refractivity contribution in [2.75, 3.05) is 6.54 Å². The third-order valence-corrected chi connectivity index (χ3v) is 4.10. The lowest BCUT2D eigenvalue weighted by Gasteiger charge is -2.26. The lowest BCUT2D eigenvalue weighted by Crippen LogP contribution is -2.39. The maximum Gasteiger partial charge on any atom is 0.254 e. The Morgan fingerprint density at radius 1 is 1.47 bits per heavy atom. The van der Waals surface area contributed by atoms with Crippen LogP contribution in [0.1, 0.15) is 41.6 Å². The standard InChI is InChI=1S/C15H17ClN2O/c1-11-10-12(6-7-14(11)16)15(19)18(9-8-17)13-4-2-3-5-13/h6-7,10,13H,2-5,9H2,1H3. The Hall–Kier alpha value is -1.53. The van der Waals surface area contributed by atoms with Crippen LogP contribution in [0.3, 0.4) is 0 Å². The molecule has 1 saturated carbocycles. The van der Waals surface area contributed by atoms with Gasteiger partial charge in [-0.1, -0.05) is 24.4 Å². The van der Waals surface area contributed by atoms with E-state index in [0.29, 0.717) is 10.6 Å². The van der Waals surface area contributed by atoms with Crippen molar-refractivity contribution in [2.45, 2.75) is 38.6 Å². The Morgan fingerprint density at radius 3 is 2.74 bits per heavy atom. The summed E-state index contributed by atoms with van der Waals surface area (Å²) in [5.74, 6) is -0.0618. The quantitative estimate of drug-likeness (QED) is 0.793. The monoisotopic (exact) mass is 276 g/mol. The third kappa shape index (κ3) is 3.08. The molecule has 1 amide bonds. The fraction of sp³-hybridized carbons (Fsp3) is 0.467. The third-order valence-electron chi connectivity index (χ3n) is 3.67. The van der Waals surface area contributed by atoms with Gasteiger partial charge in [-0.05, 0) is 43.5 Å². The summed E-state index contributed by atoms with van der Waals surface area (Å²) in [6.45, 7) is 2.04. The van der Waals surface area contributed by atoms with Crippen LogP contribution in [0.5, 0.6) is 0 Å². The van der Waals surface area contributed by atoms with Crippen LogP contribution in [0.25, 0.3) is 0 Å². The number of amides is 1. The van der Waals surface area contributed by atoms with Crippen LogP contribution in [0, 0.1) is 18.3 Å². The van der Waals surface area contributed by atoms with Crippen LogP contribution in [-0.4, -0.2) is 23.4 Å². The van der Waals surface area contributed by atoms with Gasteiger partial charge in [-0.2, -0.15) is 5.26 Å². The first kappa shape index (κ1) is 13.9. The summed E-state index contributed by atoms with van der Waals surface area (Å²) in [5, 5.41) is 9.58. The van der Waals surface area contributed by atoms with E-state index in [9.17, 15) is 4.79 Å². The van der Waals surface area contributed by atoms with Gasteiger partial charge < -0.3 is 4.90 Å². The van der Waals surface area contributed by atoms with Crippen molar-refractivity contribution in [3.63, 3.8) is 0 Å². The molecule has 0 radical (unpaired) electrons. The smallest absolute Gasteiger partial charge is 0.254 e. The molecule has 4 heteroatoms. The number of nitriles is 1. The Morgan fingerprint density at radius 2 is 2.16 bits per heavy atom. The summed E-state index contributed by atoms with van der Waals surface area (Å²) in [4.78, 5) is 14.2. The average Bonchev–Trinajstić information content (AvgIpc) is 2.92. The van der Waals surface area contributed by atoms with Crippen LogP contribution < -0.4 is 0 Å². The minimum Gasteiger partial charge on any atom is -0.322 e. The van der Waals surface area contributed by atoms with Gasteiger partial charge in [0.1, 0.15) is 6.54 Å². The molecule has 1 aromatic carbocycles. The molecule has 3 nitrogen and oxygen atoms in total. The summed E-state index contributed by atoms with van der Waals surface area (Å²) in [6, 6.07) is 7.58. The van der Waals surface area contributed by atoms with E-state index in [4.69, 9.17) is 16.9 Å². The minimum atomic E-state index is -0.0618. The minimum absolute atomic E-state index is 0.0618. The molecule has 0 aliphatic heterocycles. The van der Waals surface area contributed by atoms with Gasteiger partial charge in [-0.25, -0.2) is 0 Å². The largest absolute Gasteiger partial charge is 0.322 e. The number of aryl methyl sites for hydroxylation is 1.